The lowest BCUT2D eigenvalue weighted by molar-refractivity contribution is -0.118. The van der Waals surface area contributed by atoms with Crippen LogP contribution in [0.2, 0.25) is 0 Å². The zero-order valence-corrected chi connectivity index (χ0v) is 14.0. The molecule has 1 aromatic carbocycles. The Bertz CT molecular complexity index is 810. The van der Waals surface area contributed by atoms with E-state index < -0.39 is 5.41 Å². The zero-order chi connectivity index (χ0) is 17.4. The number of methoxy groups -OCH3 is 2. The van der Waals surface area contributed by atoms with E-state index in [-0.39, 0.29) is 12.7 Å². The first-order valence-corrected chi connectivity index (χ1v) is 7.96. The fourth-order valence-electron chi connectivity index (χ4n) is 2.98. The normalized spacial score (nSPS) is 16.2. The zero-order valence-electron chi connectivity index (χ0n) is 14.0. The highest BCUT2D eigenvalue weighted by atomic mass is 16.7. The molecular weight excluding hydrogens is 324 g/mol. The van der Waals surface area contributed by atoms with E-state index >= 15 is 0 Å². The molecule has 1 saturated carbocycles. The van der Waals surface area contributed by atoms with Gasteiger partial charge in [0, 0.05) is 12.1 Å². The summed E-state index contributed by atoms with van der Waals surface area (Å²) in [4.78, 5) is 17.0. The third kappa shape index (κ3) is 2.71. The first-order chi connectivity index (χ1) is 12.1. The molecule has 0 unspecified atom stereocenters. The maximum atomic E-state index is 12.9. The lowest BCUT2D eigenvalue weighted by Gasteiger charge is -2.17. The summed E-state index contributed by atoms with van der Waals surface area (Å²) in [7, 11) is 3.03. The predicted molar refractivity (Wildman–Crippen MR) is 89.4 cm³/mol. The molecule has 0 saturated heterocycles. The van der Waals surface area contributed by atoms with Crippen LogP contribution in [0.3, 0.4) is 0 Å². The second-order valence-corrected chi connectivity index (χ2v) is 6.04. The van der Waals surface area contributed by atoms with Crippen molar-refractivity contribution in [2.45, 2.75) is 18.3 Å². The van der Waals surface area contributed by atoms with Gasteiger partial charge in [-0.05, 0) is 30.5 Å². The van der Waals surface area contributed by atoms with E-state index in [1.54, 1.807) is 12.1 Å². The lowest BCUT2D eigenvalue weighted by atomic mass is 9.94. The minimum atomic E-state index is -0.537. The van der Waals surface area contributed by atoms with Gasteiger partial charge in [-0.2, -0.15) is 4.98 Å². The van der Waals surface area contributed by atoms with Crippen LogP contribution in [0, 0.1) is 0 Å². The molecular formula is C18H18N2O5. The molecule has 1 N–H and O–H groups in total. The van der Waals surface area contributed by atoms with Crippen molar-refractivity contribution < 1.29 is 23.7 Å². The van der Waals surface area contributed by atoms with Crippen LogP contribution >= 0.6 is 0 Å². The van der Waals surface area contributed by atoms with Crippen molar-refractivity contribution in [3.05, 3.63) is 35.9 Å². The molecule has 1 amide bonds. The average Bonchev–Trinajstić information content (AvgIpc) is 3.32. The largest absolute Gasteiger partial charge is 0.481 e. The molecule has 25 heavy (non-hydrogen) atoms. The van der Waals surface area contributed by atoms with Crippen molar-refractivity contribution in [1.82, 2.24) is 4.98 Å². The summed E-state index contributed by atoms with van der Waals surface area (Å²) in [6.07, 6.45) is 1.58. The third-order valence-electron chi connectivity index (χ3n) is 4.56. The van der Waals surface area contributed by atoms with Crippen molar-refractivity contribution in [3.8, 4) is 23.3 Å². The van der Waals surface area contributed by atoms with Gasteiger partial charge < -0.3 is 24.3 Å². The molecule has 2 aromatic rings. The Morgan fingerprint density at radius 1 is 1.08 bits per heavy atom. The molecule has 7 heteroatoms. The van der Waals surface area contributed by atoms with Gasteiger partial charge in [-0.3, -0.25) is 4.79 Å². The first-order valence-electron chi connectivity index (χ1n) is 7.96. The number of ether oxygens (including phenoxy) is 4. The molecule has 0 spiro atoms. The third-order valence-corrected chi connectivity index (χ3v) is 4.56. The predicted octanol–water partition coefficient (Wildman–Crippen LogP) is 2.50. The van der Waals surface area contributed by atoms with Crippen molar-refractivity contribution in [3.63, 3.8) is 0 Å². The molecule has 7 nitrogen and oxygen atoms in total. The molecule has 0 radical (unpaired) electrons. The minimum Gasteiger partial charge on any atom is -0.481 e. The summed E-state index contributed by atoms with van der Waals surface area (Å²) in [5.41, 5.74) is 0.980. The Kier molecular flexibility index (Phi) is 3.63. The Morgan fingerprint density at radius 3 is 2.40 bits per heavy atom. The van der Waals surface area contributed by atoms with Crippen LogP contribution < -0.4 is 24.3 Å². The summed E-state index contributed by atoms with van der Waals surface area (Å²) in [6.45, 7) is 0.217. The van der Waals surface area contributed by atoms with Crippen molar-refractivity contribution in [2.24, 2.45) is 0 Å². The number of fused-ring (bicyclic) bond motifs is 1. The van der Waals surface area contributed by atoms with Gasteiger partial charge in [0.05, 0.1) is 25.3 Å². The minimum absolute atomic E-state index is 0.0679. The van der Waals surface area contributed by atoms with E-state index in [9.17, 15) is 4.79 Å². The maximum Gasteiger partial charge on any atom is 0.235 e. The van der Waals surface area contributed by atoms with Gasteiger partial charge in [-0.1, -0.05) is 6.07 Å². The Hall–Kier alpha value is -2.96. The average molecular weight is 342 g/mol. The molecule has 1 aromatic heterocycles. The van der Waals surface area contributed by atoms with E-state index in [0.29, 0.717) is 28.9 Å². The van der Waals surface area contributed by atoms with Gasteiger partial charge in [-0.25, -0.2) is 0 Å². The van der Waals surface area contributed by atoms with Gasteiger partial charge in [0.2, 0.25) is 24.5 Å². The van der Waals surface area contributed by atoms with Crippen LogP contribution in [-0.2, 0) is 10.2 Å². The summed E-state index contributed by atoms with van der Waals surface area (Å²) in [5.74, 6) is 2.08. The molecule has 4 rings (SSSR count). The topological polar surface area (TPSA) is 78.9 Å². The lowest BCUT2D eigenvalue weighted by Crippen LogP contribution is -2.27. The molecule has 1 fully saturated rings. The number of hydrogen-bond acceptors (Lipinski definition) is 6. The summed E-state index contributed by atoms with van der Waals surface area (Å²) >= 11 is 0. The molecule has 2 aliphatic rings. The standard InChI is InChI=1S/C18H18N2O5/c1-22-15-8-12(9-16(20-15)23-2)19-17(21)18(5-6-18)11-3-4-13-14(7-11)25-10-24-13/h3-4,7-9H,5-6,10H2,1-2H3,(H,19,20,21). The van der Waals surface area contributed by atoms with E-state index in [2.05, 4.69) is 10.3 Å². The van der Waals surface area contributed by atoms with E-state index in [4.69, 9.17) is 18.9 Å². The smallest absolute Gasteiger partial charge is 0.235 e. The van der Waals surface area contributed by atoms with Crippen LogP contribution in [0.5, 0.6) is 23.3 Å². The number of nitrogens with zero attached hydrogens (tertiary/aromatic N) is 1. The SMILES string of the molecule is COc1cc(NC(=O)C2(c3ccc4c(c3)OCO4)CC2)cc(OC)n1. The fourth-order valence-corrected chi connectivity index (χ4v) is 2.98. The number of nitrogens with one attached hydrogen (secondary N) is 1. The fraction of sp³-hybridized carbons (Fsp3) is 0.333. The first kappa shape index (κ1) is 15.6. The van der Waals surface area contributed by atoms with Crippen LogP contribution in [0.15, 0.2) is 30.3 Å². The van der Waals surface area contributed by atoms with Gasteiger partial charge in [0.1, 0.15) is 0 Å². The Morgan fingerprint density at radius 2 is 1.76 bits per heavy atom. The number of hydrogen-bond donors (Lipinski definition) is 1. The van der Waals surface area contributed by atoms with Gasteiger partial charge in [-0.15, -0.1) is 0 Å². The molecule has 1 aliphatic carbocycles. The summed E-state index contributed by atoms with van der Waals surface area (Å²) in [5, 5.41) is 2.95. The number of aromatic nitrogens is 1. The van der Waals surface area contributed by atoms with Crippen LogP contribution in [0.1, 0.15) is 18.4 Å². The highest BCUT2D eigenvalue weighted by Gasteiger charge is 2.51. The van der Waals surface area contributed by atoms with Crippen LogP contribution in [-0.4, -0.2) is 31.9 Å². The number of anilines is 1. The van der Waals surface area contributed by atoms with E-state index in [1.807, 2.05) is 18.2 Å². The van der Waals surface area contributed by atoms with Crippen LogP contribution in [0.25, 0.3) is 0 Å². The highest BCUT2D eigenvalue weighted by Crippen LogP contribution is 2.51. The number of carbonyl (C=O) groups excluding carboxylic acids is 1. The Balaban J connectivity index is 1.59. The number of amides is 1. The highest BCUT2D eigenvalue weighted by molar-refractivity contribution is 6.01. The molecule has 1 aliphatic heterocycles. The Labute approximate surface area is 144 Å². The van der Waals surface area contributed by atoms with Gasteiger partial charge >= 0.3 is 0 Å². The monoisotopic (exact) mass is 342 g/mol. The van der Waals surface area contributed by atoms with Crippen molar-refractivity contribution >= 4 is 11.6 Å². The van der Waals surface area contributed by atoms with Gasteiger partial charge in [0.15, 0.2) is 11.5 Å². The van der Waals surface area contributed by atoms with E-state index in [0.717, 1.165) is 18.4 Å². The van der Waals surface area contributed by atoms with E-state index in [1.165, 1.54) is 14.2 Å². The maximum absolute atomic E-state index is 12.9. The van der Waals surface area contributed by atoms with Crippen LogP contribution in [0.4, 0.5) is 5.69 Å². The summed E-state index contributed by atoms with van der Waals surface area (Å²) < 4.78 is 21.0. The second-order valence-electron chi connectivity index (χ2n) is 6.04. The molecule has 0 atom stereocenters. The molecule has 2 heterocycles. The summed E-state index contributed by atoms with van der Waals surface area (Å²) in [6, 6.07) is 8.99. The second kappa shape index (κ2) is 5.84. The number of rotatable bonds is 5. The van der Waals surface area contributed by atoms with Crippen molar-refractivity contribution in [2.75, 3.05) is 26.3 Å². The van der Waals surface area contributed by atoms with Gasteiger partial charge in [0.25, 0.3) is 0 Å². The van der Waals surface area contributed by atoms with Crippen molar-refractivity contribution in [1.29, 1.82) is 0 Å². The quantitative estimate of drug-likeness (QED) is 0.899. The molecule has 0 bridgehead atoms. The number of carbonyl (C=O) groups is 1. The number of pyridine rings is 1. The number of benzene rings is 1. The molecule has 130 valence electrons.